The quantitative estimate of drug-likeness (QED) is 0.377. The number of hydrogen-bond acceptors (Lipinski definition) is 7. The Bertz CT molecular complexity index is 1400. The summed E-state index contributed by atoms with van der Waals surface area (Å²) in [7, 11) is 0. The van der Waals surface area contributed by atoms with E-state index < -0.39 is 42.2 Å². The number of aryl methyl sites for hydroxylation is 1. The molecule has 39 heavy (non-hydrogen) atoms. The predicted molar refractivity (Wildman–Crippen MR) is 121 cm³/mol. The Hall–Kier alpha value is -4.65. The Labute approximate surface area is 216 Å². The lowest BCUT2D eigenvalue weighted by Crippen LogP contribution is -2.41. The molecular weight excluding hydrogens is 538 g/mol. The van der Waals surface area contributed by atoms with Gasteiger partial charge >= 0.3 is 18.8 Å². The lowest BCUT2D eigenvalue weighted by molar-refractivity contribution is -0.411. The van der Waals surface area contributed by atoms with Crippen LogP contribution in [0.15, 0.2) is 42.6 Å². The summed E-state index contributed by atoms with van der Waals surface area (Å²) in [6.45, 7) is 3.35. The smallest absolute Gasteiger partial charge is 0.409 e. The topological polar surface area (TPSA) is 131 Å². The molecule has 16 heteroatoms. The molecule has 2 heterocycles. The van der Waals surface area contributed by atoms with Crippen LogP contribution in [-0.4, -0.2) is 52.0 Å². The van der Waals surface area contributed by atoms with Crippen LogP contribution in [0, 0.1) is 18.3 Å². The third kappa shape index (κ3) is 7.02. The summed E-state index contributed by atoms with van der Waals surface area (Å²) < 4.78 is 85.6. The summed E-state index contributed by atoms with van der Waals surface area (Å²) >= 11 is 0. The fourth-order valence-corrected chi connectivity index (χ4v) is 3.23. The Balaban J connectivity index is 2.03. The fraction of sp³-hybridized carbons (Fsp3) is 0.261. The molecule has 3 rings (SSSR count). The van der Waals surface area contributed by atoms with E-state index in [0.717, 1.165) is 0 Å². The second-order valence-corrected chi connectivity index (χ2v) is 7.65. The summed E-state index contributed by atoms with van der Waals surface area (Å²) in [6.07, 6.45) is -13.9. The van der Waals surface area contributed by atoms with Crippen LogP contribution in [0.2, 0.25) is 0 Å². The molecule has 2 aromatic heterocycles. The molecule has 0 aliphatic heterocycles. The van der Waals surface area contributed by atoms with Gasteiger partial charge in [0.1, 0.15) is 5.69 Å². The lowest BCUT2D eigenvalue weighted by Gasteiger charge is -2.20. The summed E-state index contributed by atoms with van der Waals surface area (Å²) in [4.78, 5) is 29.8. The van der Waals surface area contributed by atoms with Crippen molar-refractivity contribution < 1.29 is 45.4 Å². The summed E-state index contributed by atoms with van der Waals surface area (Å²) in [5.41, 5.74) is -0.241. The largest absolute Gasteiger partial charge is 0.525 e. The van der Waals surface area contributed by atoms with E-state index >= 15 is 0 Å². The molecule has 0 aliphatic carbocycles. The molecule has 0 saturated carbocycles. The number of carbonyl (C=O) groups excluding carboxylic acids is 2. The van der Waals surface area contributed by atoms with E-state index in [0.29, 0.717) is 16.3 Å². The second kappa shape index (κ2) is 11.4. The number of anilines is 1. The van der Waals surface area contributed by atoms with E-state index in [4.69, 9.17) is 0 Å². The summed E-state index contributed by atoms with van der Waals surface area (Å²) in [5, 5.41) is 17.8. The molecule has 1 aromatic carbocycles. The SMILES string of the molecule is CCNC(=O)c1cc(C#N)cc(C)c1NC(=O)c1cc(OC(F)(F)C(F)OC(F)(F)F)nn1-c1ccccn1. The number of amides is 2. The maximum atomic E-state index is 14.0. The zero-order valence-electron chi connectivity index (χ0n) is 20.0. The number of nitrogens with one attached hydrogen (secondary N) is 2. The number of aromatic nitrogens is 3. The molecule has 1 unspecified atom stereocenters. The van der Waals surface area contributed by atoms with Crippen molar-refractivity contribution in [2.45, 2.75) is 32.7 Å². The van der Waals surface area contributed by atoms with E-state index in [1.54, 1.807) is 6.92 Å². The van der Waals surface area contributed by atoms with E-state index in [9.17, 15) is 41.2 Å². The van der Waals surface area contributed by atoms with Crippen LogP contribution in [0.5, 0.6) is 5.88 Å². The number of rotatable bonds is 9. The van der Waals surface area contributed by atoms with Crippen LogP contribution in [0.3, 0.4) is 0 Å². The highest BCUT2D eigenvalue weighted by Crippen LogP contribution is 2.32. The molecule has 0 saturated heterocycles. The van der Waals surface area contributed by atoms with Gasteiger partial charge in [-0.3, -0.25) is 9.59 Å². The third-order valence-corrected chi connectivity index (χ3v) is 4.81. The van der Waals surface area contributed by atoms with Crippen LogP contribution in [-0.2, 0) is 4.74 Å². The van der Waals surface area contributed by atoms with Crippen molar-refractivity contribution in [2.75, 3.05) is 11.9 Å². The molecule has 0 aliphatic rings. The van der Waals surface area contributed by atoms with Crippen molar-refractivity contribution in [3.63, 3.8) is 0 Å². The van der Waals surface area contributed by atoms with Crippen molar-refractivity contribution in [2.24, 2.45) is 0 Å². The van der Waals surface area contributed by atoms with Gasteiger partial charge in [0.05, 0.1) is 22.9 Å². The number of carbonyl (C=O) groups is 2. The minimum Gasteiger partial charge on any atom is -0.409 e. The number of nitriles is 1. The van der Waals surface area contributed by atoms with E-state index in [2.05, 4.69) is 30.2 Å². The molecule has 10 nitrogen and oxygen atoms in total. The molecule has 0 bridgehead atoms. The van der Waals surface area contributed by atoms with Crippen LogP contribution < -0.4 is 15.4 Å². The normalized spacial score (nSPS) is 12.4. The second-order valence-electron chi connectivity index (χ2n) is 7.65. The van der Waals surface area contributed by atoms with Gasteiger partial charge < -0.3 is 15.4 Å². The first-order chi connectivity index (χ1) is 18.3. The molecule has 1 atom stereocenters. The average molecular weight is 556 g/mol. The Morgan fingerprint density at radius 2 is 1.87 bits per heavy atom. The van der Waals surface area contributed by atoms with Crippen molar-refractivity contribution in [3.05, 3.63) is 65.0 Å². The maximum Gasteiger partial charge on any atom is 0.525 e. The van der Waals surface area contributed by atoms with Crippen LogP contribution >= 0.6 is 0 Å². The molecule has 206 valence electrons. The van der Waals surface area contributed by atoms with Crippen LogP contribution in [0.25, 0.3) is 5.82 Å². The number of pyridine rings is 1. The van der Waals surface area contributed by atoms with Gasteiger partial charge in [0.2, 0.25) is 5.88 Å². The van der Waals surface area contributed by atoms with Gasteiger partial charge in [0.15, 0.2) is 5.82 Å². The van der Waals surface area contributed by atoms with Crippen LogP contribution in [0.4, 0.5) is 32.0 Å². The summed E-state index contributed by atoms with van der Waals surface area (Å²) in [6, 6.07) is 9.33. The number of hydrogen-bond donors (Lipinski definition) is 2. The average Bonchev–Trinajstić information content (AvgIpc) is 3.27. The maximum absolute atomic E-state index is 14.0. The lowest BCUT2D eigenvalue weighted by atomic mass is 10.0. The number of nitrogens with zero attached hydrogens (tertiary/aromatic N) is 4. The highest BCUT2D eigenvalue weighted by atomic mass is 19.4. The zero-order chi connectivity index (χ0) is 29.0. The Kier molecular flexibility index (Phi) is 8.45. The first-order valence-corrected chi connectivity index (χ1v) is 10.9. The number of halogens is 6. The molecule has 3 aromatic rings. The van der Waals surface area contributed by atoms with Crippen molar-refractivity contribution in [1.82, 2.24) is 20.1 Å². The van der Waals surface area contributed by atoms with Crippen molar-refractivity contribution >= 4 is 17.5 Å². The van der Waals surface area contributed by atoms with E-state index in [1.165, 1.54) is 43.5 Å². The van der Waals surface area contributed by atoms with E-state index in [1.807, 2.05) is 6.07 Å². The first-order valence-electron chi connectivity index (χ1n) is 10.9. The van der Waals surface area contributed by atoms with Crippen molar-refractivity contribution in [1.29, 1.82) is 5.26 Å². The van der Waals surface area contributed by atoms with Crippen molar-refractivity contribution in [3.8, 4) is 17.8 Å². The third-order valence-electron chi connectivity index (χ3n) is 4.81. The van der Waals surface area contributed by atoms with Gasteiger partial charge in [-0.05, 0) is 43.7 Å². The molecule has 2 amide bonds. The van der Waals surface area contributed by atoms with Crippen LogP contribution in [0.1, 0.15) is 38.9 Å². The molecule has 0 radical (unpaired) electrons. The number of benzene rings is 1. The first kappa shape index (κ1) is 28.9. The molecule has 2 N–H and O–H groups in total. The summed E-state index contributed by atoms with van der Waals surface area (Å²) in [5.74, 6) is -2.93. The van der Waals surface area contributed by atoms with Gasteiger partial charge in [-0.2, -0.15) is 14.0 Å². The van der Waals surface area contributed by atoms with Gasteiger partial charge in [0.25, 0.3) is 11.8 Å². The Morgan fingerprint density at radius 1 is 1.15 bits per heavy atom. The molecular formula is C23H18F6N6O4. The van der Waals surface area contributed by atoms with Gasteiger partial charge in [-0.25, -0.2) is 18.8 Å². The fourth-order valence-electron chi connectivity index (χ4n) is 3.23. The minimum absolute atomic E-state index is 0.0334. The monoisotopic (exact) mass is 556 g/mol. The number of alkyl halides is 6. The predicted octanol–water partition coefficient (Wildman–Crippen LogP) is 4.25. The zero-order valence-corrected chi connectivity index (χ0v) is 20.0. The van der Waals surface area contributed by atoms with E-state index in [-0.39, 0.29) is 29.2 Å². The Morgan fingerprint density at radius 3 is 2.46 bits per heavy atom. The standard InChI is InChI=1S/C23H18F6N6O4/c1-3-31-19(36)14-9-13(11-30)8-12(2)18(14)33-20(37)15-10-17(34-35(15)16-6-4-5-7-32-16)38-22(25,26)21(24)39-23(27,28)29/h4-10,21H,3H2,1-2H3,(H,31,36)(H,33,37). The van der Waals surface area contributed by atoms with Gasteiger partial charge in [-0.15, -0.1) is 18.3 Å². The number of ether oxygens (including phenoxy) is 2. The highest BCUT2D eigenvalue weighted by Gasteiger charge is 2.51. The van der Waals surface area contributed by atoms with Gasteiger partial charge in [-0.1, -0.05) is 6.07 Å². The molecule has 0 fully saturated rings. The minimum atomic E-state index is -5.73. The van der Waals surface area contributed by atoms with Gasteiger partial charge in [0, 0.05) is 18.8 Å². The molecule has 0 spiro atoms. The highest BCUT2D eigenvalue weighted by molar-refractivity contribution is 6.09.